The maximum atomic E-state index is 11.8. The SMILES string of the molecule is CC.CCCCN(C)C(=O)c1ccc(N)cc1. The Morgan fingerprint density at radius 2 is 1.76 bits per heavy atom. The van der Waals surface area contributed by atoms with Gasteiger partial charge in [0.1, 0.15) is 0 Å². The van der Waals surface area contributed by atoms with Gasteiger partial charge in [-0.3, -0.25) is 4.79 Å². The predicted octanol–water partition coefficient (Wildman–Crippen LogP) is 3.17. The third-order valence-corrected chi connectivity index (χ3v) is 2.35. The highest BCUT2D eigenvalue weighted by atomic mass is 16.2. The average Bonchev–Trinajstić information content (AvgIpc) is 2.38. The van der Waals surface area contributed by atoms with Crippen molar-refractivity contribution in [3.05, 3.63) is 29.8 Å². The quantitative estimate of drug-likeness (QED) is 0.816. The number of carbonyl (C=O) groups is 1. The van der Waals surface area contributed by atoms with Crippen LogP contribution in [0.4, 0.5) is 5.69 Å². The van der Waals surface area contributed by atoms with Crippen LogP contribution >= 0.6 is 0 Å². The van der Waals surface area contributed by atoms with E-state index in [1.807, 2.05) is 20.9 Å². The standard InChI is InChI=1S/C12H18N2O.C2H6/c1-3-4-9-14(2)12(15)10-5-7-11(13)8-6-10;1-2/h5-8H,3-4,9,13H2,1-2H3;1-2H3. The van der Waals surface area contributed by atoms with E-state index in [0.717, 1.165) is 19.4 Å². The third-order valence-electron chi connectivity index (χ3n) is 2.35. The number of rotatable bonds is 4. The zero-order chi connectivity index (χ0) is 13.3. The van der Waals surface area contributed by atoms with E-state index in [2.05, 4.69) is 6.92 Å². The molecule has 0 atom stereocenters. The summed E-state index contributed by atoms with van der Waals surface area (Å²) < 4.78 is 0. The summed E-state index contributed by atoms with van der Waals surface area (Å²) in [7, 11) is 1.83. The summed E-state index contributed by atoms with van der Waals surface area (Å²) in [5, 5.41) is 0. The highest BCUT2D eigenvalue weighted by Crippen LogP contribution is 2.08. The largest absolute Gasteiger partial charge is 0.399 e. The van der Waals surface area contributed by atoms with Gasteiger partial charge in [-0.2, -0.15) is 0 Å². The van der Waals surface area contributed by atoms with Gasteiger partial charge >= 0.3 is 0 Å². The van der Waals surface area contributed by atoms with Gasteiger partial charge in [0.25, 0.3) is 5.91 Å². The highest BCUT2D eigenvalue weighted by molar-refractivity contribution is 5.94. The second-order valence-corrected chi connectivity index (χ2v) is 3.70. The minimum atomic E-state index is 0.0588. The van der Waals surface area contributed by atoms with Gasteiger partial charge in [0.15, 0.2) is 0 Å². The number of nitrogens with two attached hydrogens (primary N) is 1. The zero-order valence-electron chi connectivity index (χ0n) is 11.4. The molecule has 0 aliphatic carbocycles. The summed E-state index contributed by atoms with van der Waals surface area (Å²) in [5.41, 5.74) is 6.94. The van der Waals surface area contributed by atoms with Crippen molar-refractivity contribution in [1.82, 2.24) is 4.90 Å². The van der Waals surface area contributed by atoms with Gasteiger partial charge in [-0.25, -0.2) is 0 Å². The fourth-order valence-corrected chi connectivity index (χ4v) is 1.34. The Labute approximate surface area is 105 Å². The topological polar surface area (TPSA) is 46.3 Å². The van der Waals surface area contributed by atoms with E-state index in [1.165, 1.54) is 0 Å². The summed E-state index contributed by atoms with van der Waals surface area (Å²) >= 11 is 0. The van der Waals surface area contributed by atoms with Crippen molar-refractivity contribution in [2.24, 2.45) is 0 Å². The van der Waals surface area contributed by atoms with Crippen LogP contribution in [-0.4, -0.2) is 24.4 Å². The predicted molar refractivity (Wildman–Crippen MR) is 74.1 cm³/mol. The second-order valence-electron chi connectivity index (χ2n) is 3.70. The first-order valence-electron chi connectivity index (χ1n) is 6.26. The Hall–Kier alpha value is -1.51. The molecule has 0 saturated heterocycles. The first-order chi connectivity index (χ1) is 8.15. The molecule has 96 valence electrons. The minimum absolute atomic E-state index is 0.0588. The molecule has 0 aromatic heterocycles. The van der Waals surface area contributed by atoms with Crippen molar-refractivity contribution in [3.63, 3.8) is 0 Å². The number of nitrogen functional groups attached to an aromatic ring is 1. The van der Waals surface area contributed by atoms with Crippen molar-refractivity contribution in [2.75, 3.05) is 19.3 Å². The highest BCUT2D eigenvalue weighted by Gasteiger charge is 2.09. The zero-order valence-corrected chi connectivity index (χ0v) is 11.4. The van der Waals surface area contributed by atoms with Crippen molar-refractivity contribution in [1.29, 1.82) is 0 Å². The van der Waals surface area contributed by atoms with Crippen LogP contribution in [0.5, 0.6) is 0 Å². The van der Waals surface area contributed by atoms with E-state index >= 15 is 0 Å². The molecule has 0 bridgehead atoms. The maximum absolute atomic E-state index is 11.8. The van der Waals surface area contributed by atoms with E-state index in [9.17, 15) is 4.79 Å². The van der Waals surface area contributed by atoms with E-state index in [-0.39, 0.29) is 5.91 Å². The molecule has 0 saturated carbocycles. The molecule has 0 heterocycles. The van der Waals surface area contributed by atoms with Crippen LogP contribution in [0, 0.1) is 0 Å². The van der Waals surface area contributed by atoms with E-state index < -0.39 is 0 Å². The van der Waals surface area contributed by atoms with Crippen LogP contribution in [0.15, 0.2) is 24.3 Å². The van der Waals surface area contributed by atoms with Crippen LogP contribution in [0.1, 0.15) is 44.0 Å². The molecular formula is C14H24N2O. The number of hydrogen-bond donors (Lipinski definition) is 1. The summed E-state index contributed by atoms with van der Waals surface area (Å²) in [4.78, 5) is 13.6. The Morgan fingerprint density at radius 1 is 1.24 bits per heavy atom. The molecule has 1 amide bonds. The van der Waals surface area contributed by atoms with Crippen molar-refractivity contribution in [2.45, 2.75) is 33.6 Å². The summed E-state index contributed by atoms with van der Waals surface area (Å²) in [5.74, 6) is 0.0588. The Balaban J connectivity index is 0.00000121. The second kappa shape index (κ2) is 8.62. The van der Waals surface area contributed by atoms with Crippen LogP contribution in [0.3, 0.4) is 0 Å². The number of amides is 1. The van der Waals surface area contributed by atoms with Gasteiger partial charge in [-0.1, -0.05) is 27.2 Å². The van der Waals surface area contributed by atoms with Gasteiger partial charge < -0.3 is 10.6 Å². The maximum Gasteiger partial charge on any atom is 0.253 e. The number of benzene rings is 1. The van der Waals surface area contributed by atoms with Gasteiger partial charge in [0.2, 0.25) is 0 Å². The number of hydrogen-bond acceptors (Lipinski definition) is 2. The number of unbranched alkanes of at least 4 members (excludes halogenated alkanes) is 1. The van der Waals surface area contributed by atoms with Crippen LogP contribution < -0.4 is 5.73 Å². The van der Waals surface area contributed by atoms with Crippen molar-refractivity contribution in [3.8, 4) is 0 Å². The summed E-state index contributed by atoms with van der Waals surface area (Å²) in [6.07, 6.45) is 2.14. The lowest BCUT2D eigenvalue weighted by Gasteiger charge is -2.16. The van der Waals surface area contributed by atoms with Gasteiger partial charge in [0, 0.05) is 24.8 Å². The number of nitrogens with zero attached hydrogens (tertiary/aromatic N) is 1. The molecule has 3 heteroatoms. The van der Waals surface area contributed by atoms with E-state index in [0.29, 0.717) is 11.3 Å². The lowest BCUT2D eigenvalue weighted by atomic mass is 10.2. The molecule has 0 unspecified atom stereocenters. The number of carbonyl (C=O) groups excluding carboxylic acids is 1. The molecule has 1 rings (SSSR count). The van der Waals surface area contributed by atoms with Crippen LogP contribution in [-0.2, 0) is 0 Å². The van der Waals surface area contributed by atoms with Crippen LogP contribution in [0.25, 0.3) is 0 Å². The molecule has 0 aliphatic rings. The van der Waals surface area contributed by atoms with Crippen molar-refractivity contribution < 1.29 is 4.79 Å². The Kier molecular flexibility index (Phi) is 7.85. The molecular weight excluding hydrogens is 212 g/mol. The summed E-state index contributed by atoms with van der Waals surface area (Å²) in [6, 6.07) is 7.03. The fraction of sp³-hybridized carbons (Fsp3) is 0.500. The normalized spacial score (nSPS) is 9.18. The molecule has 3 nitrogen and oxygen atoms in total. The van der Waals surface area contributed by atoms with E-state index in [4.69, 9.17) is 5.73 Å². The Bertz CT molecular complexity index is 319. The summed E-state index contributed by atoms with van der Waals surface area (Å²) in [6.45, 7) is 6.92. The molecule has 0 fully saturated rings. The van der Waals surface area contributed by atoms with Gasteiger partial charge in [0.05, 0.1) is 0 Å². The van der Waals surface area contributed by atoms with Gasteiger partial charge in [-0.15, -0.1) is 0 Å². The van der Waals surface area contributed by atoms with E-state index in [1.54, 1.807) is 29.2 Å². The third kappa shape index (κ3) is 5.38. The molecule has 1 aromatic rings. The monoisotopic (exact) mass is 236 g/mol. The minimum Gasteiger partial charge on any atom is -0.399 e. The first kappa shape index (κ1) is 15.5. The molecule has 1 aromatic carbocycles. The lowest BCUT2D eigenvalue weighted by Crippen LogP contribution is -2.27. The van der Waals surface area contributed by atoms with Gasteiger partial charge in [-0.05, 0) is 30.7 Å². The number of anilines is 1. The van der Waals surface area contributed by atoms with Crippen LogP contribution in [0.2, 0.25) is 0 Å². The molecule has 17 heavy (non-hydrogen) atoms. The molecule has 0 spiro atoms. The molecule has 2 N–H and O–H groups in total. The lowest BCUT2D eigenvalue weighted by molar-refractivity contribution is 0.0793. The van der Waals surface area contributed by atoms with Crippen molar-refractivity contribution >= 4 is 11.6 Å². The Morgan fingerprint density at radius 3 is 2.24 bits per heavy atom. The molecule has 0 aliphatic heterocycles. The molecule has 0 radical (unpaired) electrons. The first-order valence-corrected chi connectivity index (χ1v) is 6.26. The fourth-order valence-electron chi connectivity index (χ4n) is 1.34. The smallest absolute Gasteiger partial charge is 0.253 e. The average molecular weight is 236 g/mol.